The quantitative estimate of drug-likeness (QED) is 0.0632. The minimum absolute atomic E-state index is 0.115. The first-order valence-electron chi connectivity index (χ1n) is 18.7. The Bertz CT molecular complexity index is 2500. The molecule has 306 valence electrons. The maximum Gasteiger partial charge on any atom is 0.349 e. The molecule has 0 radical (unpaired) electrons. The Labute approximate surface area is 339 Å². The molecule has 0 spiro atoms. The lowest BCUT2D eigenvalue weighted by atomic mass is 9.80. The zero-order chi connectivity index (χ0) is 42.4. The summed E-state index contributed by atoms with van der Waals surface area (Å²) in [6.45, 7) is 6.50. The van der Waals surface area contributed by atoms with Gasteiger partial charge in [-0.2, -0.15) is 4.98 Å². The summed E-state index contributed by atoms with van der Waals surface area (Å²) < 4.78 is 37.2. The molecule has 4 aromatic rings. The summed E-state index contributed by atoms with van der Waals surface area (Å²) in [5.41, 5.74) is 1.29. The lowest BCUT2D eigenvalue weighted by molar-refractivity contribution is -0.192. The standard InChI is InChI=1S/C44H44N4O11/c1-25-21-35-36(22-26(25)2)48(41-39(45-35)42(52)47-43(53)46-41)23-37(57-27(3)49)40(59-29(5)51)38(58-28(4)50)24-56-44(30-11-9-8-10-12-30,31-13-17-33(54-6)18-14-31)32-15-19-34(55-7)20-16-32/h8-22,37-38,40H,23-24H2,1-7H3,(H,47,52,53)/t37-,38-,40+/m0/s1. The summed E-state index contributed by atoms with van der Waals surface area (Å²) >= 11 is 0. The van der Waals surface area contributed by atoms with Gasteiger partial charge in [0.25, 0.3) is 5.56 Å². The van der Waals surface area contributed by atoms with Crippen LogP contribution in [0.5, 0.6) is 11.5 Å². The Balaban J connectivity index is 1.54. The van der Waals surface area contributed by atoms with Crippen molar-refractivity contribution >= 4 is 28.9 Å². The number of H-pyrrole nitrogens is 1. The van der Waals surface area contributed by atoms with E-state index in [1.165, 1.54) is 18.4 Å². The fourth-order valence-electron chi connectivity index (χ4n) is 7.11. The molecule has 2 heterocycles. The van der Waals surface area contributed by atoms with Crippen LogP contribution in [0.3, 0.4) is 0 Å². The fourth-order valence-corrected chi connectivity index (χ4v) is 7.11. The van der Waals surface area contributed by atoms with Gasteiger partial charge in [0.05, 0.1) is 38.4 Å². The molecule has 1 N–H and O–H groups in total. The van der Waals surface area contributed by atoms with E-state index in [-0.39, 0.29) is 18.1 Å². The number of carbonyl (C=O) groups excluding carboxylic acids is 3. The van der Waals surface area contributed by atoms with Gasteiger partial charge >= 0.3 is 23.6 Å². The van der Waals surface area contributed by atoms with E-state index in [1.54, 1.807) is 50.6 Å². The first-order valence-corrected chi connectivity index (χ1v) is 18.7. The van der Waals surface area contributed by atoms with E-state index in [0.29, 0.717) is 39.2 Å². The summed E-state index contributed by atoms with van der Waals surface area (Å²) in [6, 6.07) is 27.5. The first kappa shape index (κ1) is 41.8. The highest BCUT2D eigenvalue weighted by atomic mass is 16.6. The van der Waals surface area contributed by atoms with E-state index >= 15 is 0 Å². The number of aromatic nitrogens is 4. The maximum atomic E-state index is 13.1. The smallest absolute Gasteiger partial charge is 0.349 e. The third kappa shape index (κ3) is 9.00. The van der Waals surface area contributed by atoms with E-state index < -0.39 is 59.7 Å². The number of nitrogens with zero attached hydrogens (tertiary/aromatic N) is 3. The molecule has 0 aromatic heterocycles. The van der Waals surface area contributed by atoms with Crippen molar-refractivity contribution in [2.45, 2.75) is 65.1 Å². The van der Waals surface area contributed by atoms with Gasteiger partial charge in [0.2, 0.25) is 0 Å². The van der Waals surface area contributed by atoms with E-state index in [1.807, 2.05) is 68.4 Å². The van der Waals surface area contributed by atoms with Crippen LogP contribution in [0.2, 0.25) is 0 Å². The van der Waals surface area contributed by atoms with Crippen LogP contribution in [-0.4, -0.2) is 76.6 Å². The molecular formula is C44H44N4O11. The summed E-state index contributed by atoms with van der Waals surface area (Å²) in [5.74, 6) is -1.23. The number of methoxy groups -OCH3 is 2. The Morgan fingerprint density at radius 1 is 0.695 bits per heavy atom. The van der Waals surface area contributed by atoms with Crippen LogP contribution >= 0.6 is 0 Å². The van der Waals surface area contributed by atoms with Gasteiger partial charge in [-0.15, -0.1) is 0 Å². The molecule has 3 atom stereocenters. The van der Waals surface area contributed by atoms with Gasteiger partial charge in [0.15, 0.2) is 29.8 Å². The summed E-state index contributed by atoms with van der Waals surface area (Å²) in [7, 11) is 3.12. The van der Waals surface area contributed by atoms with Gasteiger partial charge in [0, 0.05) is 20.8 Å². The van der Waals surface area contributed by atoms with Gasteiger partial charge in [-0.05, 0) is 78.1 Å². The molecule has 0 amide bonds. The van der Waals surface area contributed by atoms with E-state index in [2.05, 4.69) is 15.0 Å². The first-order chi connectivity index (χ1) is 28.2. The number of rotatable bonds is 15. The monoisotopic (exact) mass is 804 g/mol. The highest BCUT2D eigenvalue weighted by Gasteiger charge is 2.43. The predicted octanol–water partition coefficient (Wildman–Crippen LogP) is 5.02. The van der Waals surface area contributed by atoms with Gasteiger partial charge in [-0.25, -0.2) is 9.78 Å². The van der Waals surface area contributed by atoms with Crippen LogP contribution in [0.25, 0.3) is 22.6 Å². The van der Waals surface area contributed by atoms with Crippen LogP contribution in [0.1, 0.15) is 48.6 Å². The summed E-state index contributed by atoms with van der Waals surface area (Å²) in [6.07, 6.45) is -4.36. The van der Waals surface area contributed by atoms with Crippen molar-refractivity contribution in [3.05, 3.63) is 140 Å². The van der Waals surface area contributed by atoms with E-state index in [9.17, 15) is 24.0 Å². The van der Waals surface area contributed by atoms with Crippen molar-refractivity contribution < 1.29 is 42.8 Å². The van der Waals surface area contributed by atoms with Crippen LogP contribution in [-0.2, 0) is 45.5 Å². The number of aryl methyl sites for hydroxylation is 2. The third-order valence-corrected chi connectivity index (χ3v) is 9.89. The minimum atomic E-state index is -1.52. The zero-order valence-electron chi connectivity index (χ0n) is 33.6. The number of hydrogen-bond acceptors (Lipinski definition) is 13. The number of carbonyl (C=O) groups is 3. The van der Waals surface area contributed by atoms with Gasteiger partial charge in [-0.3, -0.25) is 24.2 Å². The van der Waals surface area contributed by atoms with Crippen LogP contribution in [0.4, 0.5) is 0 Å². The van der Waals surface area contributed by atoms with Crippen molar-refractivity contribution in [3.63, 3.8) is 0 Å². The molecule has 0 aliphatic carbocycles. The number of fused-ring (bicyclic) bond motifs is 2. The van der Waals surface area contributed by atoms with Gasteiger partial charge < -0.3 is 33.0 Å². The topological polar surface area (TPSA) is 187 Å². The fraction of sp³-hybridized carbons (Fsp3) is 0.295. The summed E-state index contributed by atoms with van der Waals surface area (Å²) in [5, 5.41) is 0. The van der Waals surface area contributed by atoms with Crippen molar-refractivity contribution in [3.8, 4) is 23.0 Å². The molecule has 4 aromatic carbocycles. The van der Waals surface area contributed by atoms with Crippen molar-refractivity contribution in [2.24, 2.45) is 0 Å². The largest absolute Gasteiger partial charge is 0.497 e. The molecule has 59 heavy (non-hydrogen) atoms. The molecule has 2 aliphatic heterocycles. The van der Waals surface area contributed by atoms with Gasteiger partial charge in [0.1, 0.15) is 17.1 Å². The molecule has 6 rings (SSSR count). The van der Waals surface area contributed by atoms with Crippen molar-refractivity contribution in [2.75, 3.05) is 20.8 Å². The van der Waals surface area contributed by atoms with E-state index in [0.717, 1.165) is 18.1 Å². The molecule has 15 nitrogen and oxygen atoms in total. The minimum Gasteiger partial charge on any atom is -0.497 e. The SMILES string of the molecule is COc1ccc(C(OC[C@H](OC(C)=O)[C@H](OC(C)=O)[C@H](Cn2c3nc(=O)[nH]c(=O)c-3nc3cc(C)c(C)cc32)OC(C)=O)(c2ccccc2)c2ccc(OC)cc2)cc1. The van der Waals surface area contributed by atoms with Gasteiger partial charge in [-0.1, -0.05) is 54.6 Å². The normalized spacial score (nSPS) is 13.0. The Morgan fingerprint density at radius 3 is 1.76 bits per heavy atom. The number of aromatic amines is 1. The lowest BCUT2D eigenvalue weighted by Crippen LogP contribution is -2.50. The van der Waals surface area contributed by atoms with Crippen LogP contribution in [0.15, 0.2) is 101 Å². The Hall–Kier alpha value is -6.87. The second kappa shape index (κ2) is 17.7. The molecule has 0 fully saturated rings. The predicted molar refractivity (Wildman–Crippen MR) is 215 cm³/mol. The average molecular weight is 805 g/mol. The Kier molecular flexibility index (Phi) is 12.5. The van der Waals surface area contributed by atoms with Crippen LogP contribution in [0, 0.1) is 13.8 Å². The third-order valence-electron chi connectivity index (χ3n) is 9.89. The summed E-state index contributed by atoms with van der Waals surface area (Å²) in [4.78, 5) is 75.4. The number of benzene rings is 4. The van der Waals surface area contributed by atoms with E-state index in [4.69, 9.17) is 28.4 Å². The molecule has 2 aliphatic rings. The van der Waals surface area contributed by atoms with Crippen molar-refractivity contribution in [1.29, 1.82) is 0 Å². The second-order valence-electron chi connectivity index (χ2n) is 13.9. The maximum absolute atomic E-state index is 13.1. The highest BCUT2D eigenvalue weighted by molar-refractivity contribution is 5.81. The lowest BCUT2D eigenvalue weighted by Gasteiger charge is -2.39. The number of esters is 3. The number of hydrogen-bond donors (Lipinski definition) is 1. The molecule has 0 bridgehead atoms. The molecule has 0 unspecified atom stereocenters. The Morgan fingerprint density at radius 2 is 1.22 bits per heavy atom. The molecule has 0 saturated carbocycles. The molecule has 15 heteroatoms. The zero-order valence-corrected chi connectivity index (χ0v) is 33.6. The highest BCUT2D eigenvalue weighted by Crippen LogP contribution is 2.42. The van der Waals surface area contributed by atoms with Crippen molar-refractivity contribution in [1.82, 2.24) is 19.5 Å². The molecule has 0 saturated heterocycles. The molecular weight excluding hydrogens is 761 g/mol. The number of nitrogens with one attached hydrogen (secondary N) is 1. The number of ether oxygens (including phenoxy) is 6. The average Bonchev–Trinajstić information content (AvgIpc) is 3.21. The second-order valence-corrected chi connectivity index (χ2v) is 13.9. The van der Waals surface area contributed by atoms with Crippen LogP contribution < -0.4 is 20.7 Å².